The molecule has 0 fully saturated rings. The Hall–Kier alpha value is -1.16. The van der Waals surface area contributed by atoms with Gasteiger partial charge in [-0.25, -0.2) is 4.79 Å². The molecule has 1 rings (SSSR count). The Labute approximate surface area is 107 Å². The van der Waals surface area contributed by atoms with E-state index in [1.807, 2.05) is 30.8 Å². The third-order valence-corrected chi connectivity index (χ3v) is 3.19. The summed E-state index contributed by atoms with van der Waals surface area (Å²) in [7, 11) is 1.40. The average Bonchev–Trinajstić information content (AvgIpc) is 2.35. The molecule has 0 heterocycles. The summed E-state index contributed by atoms with van der Waals surface area (Å²) in [5, 5.41) is 3.37. The van der Waals surface area contributed by atoms with E-state index in [1.165, 1.54) is 7.11 Å². The van der Waals surface area contributed by atoms with Crippen LogP contribution in [0.4, 0.5) is 5.69 Å². The van der Waals surface area contributed by atoms with Crippen LogP contribution in [0, 0.1) is 6.92 Å². The van der Waals surface area contributed by atoms with Gasteiger partial charge >= 0.3 is 5.97 Å². The van der Waals surface area contributed by atoms with Crippen molar-refractivity contribution in [3.05, 3.63) is 29.3 Å². The lowest BCUT2D eigenvalue weighted by atomic mass is 10.1. The first kappa shape index (κ1) is 13.9. The van der Waals surface area contributed by atoms with E-state index in [9.17, 15) is 4.79 Å². The monoisotopic (exact) mass is 253 g/mol. The summed E-state index contributed by atoms with van der Waals surface area (Å²) < 4.78 is 4.68. The fourth-order valence-corrected chi connectivity index (χ4v) is 1.98. The maximum Gasteiger partial charge on any atom is 0.337 e. The number of esters is 1. The van der Waals surface area contributed by atoms with Crippen molar-refractivity contribution in [1.82, 2.24) is 0 Å². The lowest BCUT2D eigenvalue weighted by Gasteiger charge is -2.10. The largest absolute Gasteiger partial charge is 0.465 e. The molecule has 0 unspecified atom stereocenters. The van der Waals surface area contributed by atoms with E-state index in [4.69, 9.17) is 0 Å². The van der Waals surface area contributed by atoms with Gasteiger partial charge in [0.2, 0.25) is 0 Å². The van der Waals surface area contributed by atoms with Crippen molar-refractivity contribution in [2.75, 3.05) is 31.0 Å². The summed E-state index contributed by atoms with van der Waals surface area (Å²) >= 11 is 1.85. The number of ether oxygens (including phenoxy) is 1. The molecule has 0 spiro atoms. The van der Waals surface area contributed by atoms with Crippen LogP contribution in [0.1, 0.15) is 22.3 Å². The minimum Gasteiger partial charge on any atom is -0.465 e. The number of nitrogens with one attached hydrogen (secondary N) is 1. The SMILES string of the molecule is COC(=O)c1ccc(NCCCSC)c(C)c1. The minimum atomic E-state index is -0.290. The number of rotatable bonds is 6. The number of aryl methyl sites for hydroxylation is 1. The van der Waals surface area contributed by atoms with Crippen LogP contribution in [0.3, 0.4) is 0 Å². The molecule has 1 N–H and O–H groups in total. The number of hydrogen-bond donors (Lipinski definition) is 1. The first-order valence-corrected chi connectivity index (χ1v) is 7.00. The quantitative estimate of drug-likeness (QED) is 0.625. The first-order valence-electron chi connectivity index (χ1n) is 5.61. The Morgan fingerprint density at radius 3 is 2.82 bits per heavy atom. The van der Waals surface area contributed by atoms with Crippen molar-refractivity contribution >= 4 is 23.4 Å². The van der Waals surface area contributed by atoms with Crippen LogP contribution >= 0.6 is 11.8 Å². The number of benzene rings is 1. The zero-order valence-electron chi connectivity index (χ0n) is 10.6. The van der Waals surface area contributed by atoms with Gasteiger partial charge in [-0.1, -0.05) is 0 Å². The Kier molecular flexibility index (Phi) is 5.91. The van der Waals surface area contributed by atoms with Crippen molar-refractivity contribution < 1.29 is 9.53 Å². The molecule has 4 heteroatoms. The molecule has 0 aromatic heterocycles. The summed E-state index contributed by atoms with van der Waals surface area (Å²) in [6.07, 6.45) is 3.25. The van der Waals surface area contributed by atoms with Crippen molar-refractivity contribution in [1.29, 1.82) is 0 Å². The molecule has 0 bridgehead atoms. The lowest BCUT2D eigenvalue weighted by molar-refractivity contribution is 0.0600. The smallest absolute Gasteiger partial charge is 0.337 e. The number of methoxy groups -OCH3 is 1. The van der Waals surface area contributed by atoms with Gasteiger partial charge in [-0.05, 0) is 49.1 Å². The van der Waals surface area contributed by atoms with E-state index in [1.54, 1.807) is 6.07 Å². The number of carbonyl (C=O) groups excluding carboxylic acids is 1. The highest BCUT2D eigenvalue weighted by Crippen LogP contribution is 2.17. The van der Waals surface area contributed by atoms with E-state index in [-0.39, 0.29) is 5.97 Å². The number of hydrogen-bond acceptors (Lipinski definition) is 4. The third kappa shape index (κ3) is 4.30. The molecule has 0 aliphatic carbocycles. The van der Waals surface area contributed by atoms with Crippen LogP contribution < -0.4 is 5.32 Å². The van der Waals surface area contributed by atoms with E-state index in [0.29, 0.717) is 5.56 Å². The van der Waals surface area contributed by atoms with E-state index in [0.717, 1.165) is 30.0 Å². The van der Waals surface area contributed by atoms with Crippen molar-refractivity contribution in [3.63, 3.8) is 0 Å². The minimum absolute atomic E-state index is 0.290. The standard InChI is InChI=1S/C13H19NO2S/c1-10-9-11(13(15)16-2)5-6-12(10)14-7-4-8-17-3/h5-6,9,14H,4,7-8H2,1-3H3. The Bertz CT molecular complexity index is 380. The molecule has 0 aliphatic rings. The van der Waals surface area contributed by atoms with Gasteiger partial charge in [-0.3, -0.25) is 0 Å². The maximum atomic E-state index is 11.3. The van der Waals surface area contributed by atoms with Crippen LogP contribution in [-0.4, -0.2) is 31.6 Å². The topological polar surface area (TPSA) is 38.3 Å². The second kappa shape index (κ2) is 7.22. The van der Waals surface area contributed by atoms with Gasteiger partial charge < -0.3 is 10.1 Å². The molecule has 0 amide bonds. The molecule has 1 aromatic carbocycles. The van der Waals surface area contributed by atoms with Gasteiger partial charge in [0.15, 0.2) is 0 Å². The summed E-state index contributed by atoms with van der Waals surface area (Å²) in [5.41, 5.74) is 2.75. The first-order chi connectivity index (χ1) is 8.19. The van der Waals surface area contributed by atoms with Crippen molar-refractivity contribution in [3.8, 4) is 0 Å². The van der Waals surface area contributed by atoms with Crippen LogP contribution in [0.5, 0.6) is 0 Å². The third-order valence-electron chi connectivity index (χ3n) is 2.49. The summed E-state index contributed by atoms with van der Waals surface area (Å²) in [5.74, 6) is 0.869. The Morgan fingerprint density at radius 1 is 1.47 bits per heavy atom. The van der Waals surface area contributed by atoms with Crippen LogP contribution in [0.15, 0.2) is 18.2 Å². The highest BCUT2D eigenvalue weighted by Gasteiger charge is 2.06. The van der Waals surface area contributed by atoms with Crippen LogP contribution in [0.2, 0.25) is 0 Å². The van der Waals surface area contributed by atoms with Crippen molar-refractivity contribution in [2.24, 2.45) is 0 Å². The summed E-state index contributed by atoms with van der Waals surface area (Å²) in [4.78, 5) is 11.3. The molecule has 94 valence electrons. The second-order valence-corrected chi connectivity index (χ2v) is 4.78. The zero-order valence-corrected chi connectivity index (χ0v) is 11.4. The normalized spacial score (nSPS) is 10.1. The second-order valence-electron chi connectivity index (χ2n) is 3.79. The lowest BCUT2D eigenvalue weighted by Crippen LogP contribution is -2.06. The van der Waals surface area contributed by atoms with Crippen LogP contribution in [-0.2, 0) is 4.74 Å². The molecule has 0 saturated heterocycles. The molecular formula is C13H19NO2S. The molecule has 17 heavy (non-hydrogen) atoms. The highest BCUT2D eigenvalue weighted by molar-refractivity contribution is 7.98. The van der Waals surface area contributed by atoms with Gasteiger partial charge in [0, 0.05) is 12.2 Å². The van der Waals surface area contributed by atoms with E-state index in [2.05, 4.69) is 16.3 Å². The van der Waals surface area contributed by atoms with Crippen LogP contribution in [0.25, 0.3) is 0 Å². The maximum absolute atomic E-state index is 11.3. The predicted molar refractivity (Wildman–Crippen MR) is 74.0 cm³/mol. The molecule has 0 saturated carbocycles. The highest BCUT2D eigenvalue weighted by atomic mass is 32.2. The fourth-order valence-electron chi connectivity index (χ4n) is 1.55. The molecule has 3 nitrogen and oxygen atoms in total. The summed E-state index contributed by atoms with van der Waals surface area (Å²) in [6.45, 7) is 2.95. The van der Waals surface area contributed by atoms with Crippen molar-refractivity contribution in [2.45, 2.75) is 13.3 Å². The Morgan fingerprint density at radius 2 is 2.24 bits per heavy atom. The molecule has 0 aliphatic heterocycles. The summed E-state index contributed by atoms with van der Waals surface area (Å²) in [6, 6.07) is 5.57. The number of thioether (sulfide) groups is 1. The average molecular weight is 253 g/mol. The van der Waals surface area contributed by atoms with E-state index < -0.39 is 0 Å². The van der Waals surface area contributed by atoms with Gasteiger partial charge in [0.25, 0.3) is 0 Å². The Balaban J connectivity index is 2.60. The molecule has 0 atom stereocenters. The molecule has 1 aromatic rings. The molecule has 0 radical (unpaired) electrons. The predicted octanol–water partition coefficient (Wildman–Crippen LogP) is 2.95. The fraction of sp³-hybridized carbons (Fsp3) is 0.462. The molecular weight excluding hydrogens is 234 g/mol. The van der Waals surface area contributed by atoms with Gasteiger partial charge in [-0.2, -0.15) is 11.8 Å². The van der Waals surface area contributed by atoms with Gasteiger partial charge in [0.1, 0.15) is 0 Å². The number of anilines is 1. The number of carbonyl (C=O) groups is 1. The van der Waals surface area contributed by atoms with Gasteiger partial charge in [-0.15, -0.1) is 0 Å². The van der Waals surface area contributed by atoms with Gasteiger partial charge in [0.05, 0.1) is 12.7 Å². The van der Waals surface area contributed by atoms with E-state index >= 15 is 0 Å². The zero-order chi connectivity index (χ0) is 12.7.